The highest BCUT2D eigenvalue weighted by Crippen LogP contribution is 2.29. The standard InChI is InChI=1S/C26H24N2O4/c1-32-26(31)21-9-6-18(7-10-21)8-15-24(29)27-22-13-11-20(12-14-22)25(30)28-17-16-19-4-2-3-5-23(19)28/h2-7,9-14H,8,15-17H2,1H3,(H,27,29). The van der Waals surface area contributed by atoms with Crippen molar-refractivity contribution in [2.24, 2.45) is 0 Å². The average Bonchev–Trinajstić information content (AvgIpc) is 3.27. The summed E-state index contributed by atoms with van der Waals surface area (Å²) in [6, 6.07) is 21.9. The van der Waals surface area contributed by atoms with Crippen molar-refractivity contribution in [2.45, 2.75) is 19.3 Å². The first-order chi connectivity index (χ1) is 15.5. The number of amides is 2. The third-order valence-corrected chi connectivity index (χ3v) is 5.56. The zero-order valence-corrected chi connectivity index (χ0v) is 17.8. The van der Waals surface area contributed by atoms with Gasteiger partial charge in [0.25, 0.3) is 5.91 Å². The Kier molecular flexibility index (Phi) is 6.31. The molecule has 2 amide bonds. The molecule has 1 N–H and O–H groups in total. The van der Waals surface area contributed by atoms with Gasteiger partial charge < -0.3 is 15.0 Å². The number of fused-ring (bicyclic) bond motifs is 1. The topological polar surface area (TPSA) is 75.7 Å². The Bertz CT molecular complexity index is 1140. The maximum absolute atomic E-state index is 12.9. The number of benzene rings is 3. The molecule has 3 aromatic rings. The van der Waals surface area contributed by atoms with E-state index in [1.54, 1.807) is 41.3 Å². The highest BCUT2D eigenvalue weighted by molar-refractivity contribution is 6.07. The van der Waals surface area contributed by atoms with Crippen molar-refractivity contribution >= 4 is 29.2 Å². The van der Waals surface area contributed by atoms with Gasteiger partial charge >= 0.3 is 5.97 Å². The maximum Gasteiger partial charge on any atom is 0.337 e. The van der Waals surface area contributed by atoms with Crippen molar-refractivity contribution in [1.82, 2.24) is 0 Å². The first kappa shape index (κ1) is 21.3. The van der Waals surface area contributed by atoms with Crippen LogP contribution in [0, 0.1) is 0 Å². The molecule has 0 aromatic heterocycles. The van der Waals surface area contributed by atoms with Gasteiger partial charge in [-0.15, -0.1) is 0 Å². The molecule has 3 aromatic carbocycles. The zero-order chi connectivity index (χ0) is 22.5. The summed E-state index contributed by atoms with van der Waals surface area (Å²) in [5.41, 5.74) is 4.83. The van der Waals surface area contributed by atoms with Gasteiger partial charge in [0.2, 0.25) is 5.91 Å². The molecule has 1 heterocycles. The summed E-state index contributed by atoms with van der Waals surface area (Å²) in [5, 5.41) is 2.86. The molecule has 4 rings (SSSR count). The SMILES string of the molecule is COC(=O)c1ccc(CCC(=O)Nc2ccc(C(=O)N3CCc4ccccc43)cc2)cc1. The number of hydrogen-bond donors (Lipinski definition) is 1. The molecule has 0 atom stereocenters. The number of esters is 1. The molecule has 0 unspecified atom stereocenters. The molecule has 6 heteroatoms. The van der Waals surface area contributed by atoms with Crippen molar-refractivity contribution in [1.29, 1.82) is 0 Å². The number of carbonyl (C=O) groups excluding carboxylic acids is 3. The molecule has 162 valence electrons. The molecular formula is C26H24N2O4. The number of anilines is 2. The van der Waals surface area contributed by atoms with Crippen LogP contribution in [0.4, 0.5) is 11.4 Å². The van der Waals surface area contributed by atoms with E-state index in [-0.39, 0.29) is 17.8 Å². The Morgan fingerprint density at radius 3 is 2.31 bits per heavy atom. The summed E-state index contributed by atoms with van der Waals surface area (Å²) in [6.07, 6.45) is 1.72. The van der Waals surface area contributed by atoms with Crippen molar-refractivity contribution < 1.29 is 19.1 Å². The molecule has 0 spiro atoms. The summed E-state index contributed by atoms with van der Waals surface area (Å²) >= 11 is 0. The lowest BCUT2D eigenvalue weighted by Crippen LogP contribution is -2.28. The summed E-state index contributed by atoms with van der Waals surface area (Å²) < 4.78 is 4.68. The number of hydrogen-bond acceptors (Lipinski definition) is 4. The second kappa shape index (κ2) is 9.47. The van der Waals surface area contributed by atoms with Gasteiger partial charge in [-0.25, -0.2) is 4.79 Å². The first-order valence-electron chi connectivity index (χ1n) is 10.5. The Labute approximate surface area is 186 Å². The fourth-order valence-electron chi connectivity index (χ4n) is 3.81. The number of rotatable bonds is 6. The quantitative estimate of drug-likeness (QED) is 0.596. The van der Waals surface area contributed by atoms with Crippen LogP contribution >= 0.6 is 0 Å². The van der Waals surface area contributed by atoms with Gasteiger partial charge in [-0.1, -0.05) is 30.3 Å². The highest BCUT2D eigenvalue weighted by Gasteiger charge is 2.25. The van der Waals surface area contributed by atoms with Crippen molar-refractivity contribution in [3.8, 4) is 0 Å². The van der Waals surface area contributed by atoms with Gasteiger partial charge in [-0.2, -0.15) is 0 Å². The lowest BCUT2D eigenvalue weighted by atomic mass is 10.1. The van der Waals surface area contributed by atoms with E-state index >= 15 is 0 Å². The molecule has 1 aliphatic rings. The highest BCUT2D eigenvalue weighted by atomic mass is 16.5. The van der Waals surface area contributed by atoms with Crippen LogP contribution < -0.4 is 10.2 Å². The second-order valence-corrected chi connectivity index (χ2v) is 7.65. The van der Waals surface area contributed by atoms with Crippen LogP contribution in [0.15, 0.2) is 72.8 Å². The van der Waals surface area contributed by atoms with E-state index in [0.717, 1.165) is 17.7 Å². The molecule has 0 fully saturated rings. The number of para-hydroxylation sites is 1. The Hall–Kier alpha value is -3.93. The number of ether oxygens (including phenoxy) is 1. The average molecular weight is 428 g/mol. The molecular weight excluding hydrogens is 404 g/mol. The predicted molar refractivity (Wildman–Crippen MR) is 123 cm³/mol. The molecule has 0 aliphatic carbocycles. The lowest BCUT2D eigenvalue weighted by Gasteiger charge is -2.17. The van der Waals surface area contributed by atoms with Crippen LogP contribution in [0.2, 0.25) is 0 Å². The van der Waals surface area contributed by atoms with Crippen molar-refractivity contribution in [2.75, 3.05) is 23.9 Å². The van der Waals surface area contributed by atoms with Crippen LogP contribution in [0.1, 0.15) is 38.3 Å². The van der Waals surface area contributed by atoms with E-state index in [4.69, 9.17) is 0 Å². The molecule has 6 nitrogen and oxygen atoms in total. The van der Waals surface area contributed by atoms with Gasteiger partial charge in [0.05, 0.1) is 12.7 Å². The van der Waals surface area contributed by atoms with Gasteiger partial charge in [-0.3, -0.25) is 9.59 Å². The normalized spacial score (nSPS) is 12.2. The largest absolute Gasteiger partial charge is 0.465 e. The van der Waals surface area contributed by atoms with E-state index in [1.165, 1.54) is 12.7 Å². The minimum absolute atomic E-state index is 0.0387. The van der Waals surface area contributed by atoms with E-state index in [9.17, 15) is 14.4 Å². The van der Waals surface area contributed by atoms with Crippen molar-refractivity contribution in [3.63, 3.8) is 0 Å². The van der Waals surface area contributed by atoms with Crippen LogP contribution in [0.5, 0.6) is 0 Å². The Morgan fingerprint density at radius 2 is 1.59 bits per heavy atom. The third-order valence-electron chi connectivity index (χ3n) is 5.56. The number of nitrogens with zero attached hydrogens (tertiary/aromatic N) is 1. The number of nitrogens with one attached hydrogen (secondary N) is 1. The Morgan fingerprint density at radius 1 is 0.906 bits per heavy atom. The molecule has 0 saturated carbocycles. The van der Waals surface area contributed by atoms with E-state index in [2.05, 4.69) is 16.1 Å². The zero-order valence-electron chi connectivity index (χ0n) is 17.8. The molecule has 32 heavy (non-hydrogen) atoms. The Balaban J connectivity index is 1.31. The molecule has 1 aliphatic heterocycles. The fraction of sp³-hybridized carbons (Fsp3) is 0.192. The molecule has 0 radical (unpaired) electrons. The third kappa shape index (κ3) is 4.70. The molecule has 0 bridgehead atoms. The second-order valence-electron chi connectivity index (χ2n) is 7.65. The van der Waals surface area contributed by atoms with E-state index in [1.807, 2.05) is 30.3 Å². The number of methoxy groups -OCH3 is 1. The van der Waals surface area contributed by atoms with Gasteiger partial charge in [0, 0.05) is 29.9 Å². The monoisotopic (exact) mass is 428 g/mol. The lowest BCUT2D eigenvalue weighted by molar-refractivity contribution is -0.116. The minimum atomic E-state index is -0.384. The van der Waals surface area contributed by atoms with Crippen LogP contribution in [0.25, 0.3) is 0 Å². The summed E-state index contributed by atoms with van der Waals surface area (Å²) in [5.74, 6) is -0.539. The molecule has 0 saturated heterocycles. The summed E-state index contributed by atoms with van der Waals surface area (Å²) in [7, 11) is 1.34. The van der Waals surface area contributed by atoms with E-state index < -0.39 is 0 Å². The number of aryl methyl sites for hydroxylation is 1. The summed E-state index contributed by atoms with van der Waals surface area (Å²) in [4.78, 5) is 38.5. The number of carbonyl (C=O) groups is 3. The summed E-state index contributed by atoms with van der Waals surface area (Å²) in [6.45, 7) is 0.678. The smallest absolute Gasteiger partial charge is 0.337 e. The van der Waals surface area contributed by atoms with Crippen LogP contribution in [-0.2, 0) is 22.4 Å². The van der Waals surface area contributed by atoms with Gasteiger partial charge in [0.15, 0.2) is 0 Å². The van der Waals surface area contributed by atoms with Crippen LogP contribution in [-0.4, -0.2) is 31.4 Å². The van der Waals surface area contributed by atoms with Gasteiger partial charge in [-0.05, 0) is 66.4 Å². The van der Waals surface area contributed by atoms with Crippen LogP contribution in [0.3, 0.4) is 0 Å². The van der Waals surface area contributed by atoms with E-state index in [0.29, 0.717) is 36.2 Å². The fourth-order valence-corrected chi connectivity index (χ4v) is 3.81. The predicted octanol–water partition coefficient (Wildman–Crippen LogP) is 4.25. The first-order valence-corrected chi connectivity index (χ1v) is 10.5. The maximum atomic E-state index is 12.9. The minimum Gasteiger partial charge on any atom is -0.465 e. The van der Waals surface area contributed by atoms with Crippen molar-refractivity contribution in [3.05, 3.63) is 95.1 Å². The van der Waals surface area contributed by atoms with Gasteiger partial charge in [0.1, 0.15) is 0 Å².